The average molecular weight is 550 g/mol. The van der Waals surface area contributed by atoms with E-state index in [2.05, 4.69) is 42.4 Å². The molecular formula is C20H14Br2N4O5. The highest BCUT2D eigenvalue weighted by Crippen LogP contribution is 2.35. The quantitative estimate of drug-likeness (QED) is 0.207. The highest BCUT2D eigenvalue weighted by Gasteiger charge is 2.11. The van der Waals surface area contributed by atoms with Crippen LogP contribution < -0.4 is 10.2 Å². The van der Waals surface area contributed by atoms with Gasteiger partial charge in [-0.25, -0.2) is 0 Å². The van der Waals surface area contributed by atoms with Crippen LogP contribution in [0, 0.1) is 20.2 Å². The van der Waals surface area contributed by atoms with Crippen molar-refractivity contribution in [2.45, 2.75) is 6.61 Å². The molecule has 0 saturated heterocycles. The molecule has 9 nitrogen and oxygen atoms in total. The van der Waals surface area contributed by atoms with E-state index in [0.29, 0.717) is 25.9 Å². The van der Waals surface area contributed by atoms with Crippen molar-refractivity contribution in [2.24, 2.45) is 5.10 Å². The van der Waals surface area contributed by atoms with Crippen LogP contribution in [0.25, 0.3) is 0 Å². The monoisotopic (exact) mass is 548 g/mol. The van der Waals surface area contributed by atoms with Gasteiger partial charge in [0.1, 0.15) is 12.4 Å². The van der Waals surface area contributed by atoms with Crippen LogP contribution in [-0.2, 0) is 6.61 Å². The maximum absolute atomic E-state index is 10.9. The van der Waals surface area contributed by atoms with Crippen LogP contribution in [0.5, 0.6) is 5.75 Å². The Bertz CT molecular complexity index is 1130. The summed E-state index contributed by atoms with van der Waals surface area (Å²) in [6.07, 6.45) is 1.58. The van der Waals surface area contributed by atoms with Crippen LogP contribution >= 0.6 is 31.9 Å². The van der Waals surface area contributed by atoms with Gasteiger partial charge in [0.25, 0.3) is 11.4 Å². The van der Waals surface area contributed by atoms with Gasteiger partial charge in [-0.2, -0.15) is 5.10 Å². The molecule has 0 radical (unpaired) electrons. The molecule has 0 saturated carbocycles. The summed E-state index contributed by atoms with van der Waals surface area (Å²) in [5.41, 5.74) is 4.85. The molecule has 11 heteroatoms. The summed E-state index contributed by atoms with van der Waals surface area (Å²) in [4.78, 5) is 20.7. The molecule has 0 aliphatic heterocycles. The van der Waals surface area contributed by atoms with Crippen molar-refractivity contribution in [3.63, 3.8) is 0 Å². The normalized spacial score (nSPS) is 10.8. The first kappa shape index (κ1) is 22.4. The average Bonchev–Trinajstić information content (AvgIpc) is 2.73. The fourth-order valence-corrected chi connectivity index (χ4v) is 4.00. The van der Waals surface area contributed by atoms with Crippen LogP contribution in [0.15, 0.2) is 74.7 Å². The van der Waals surface area contributed by atoms with E-state index >= 15 is 0 Å². The zero-order valence-electron chi connectivity index (χ0n) is 15.7. The summed E-state index contributed by atoms with van der Waals surface area (Å²) in [7, 11) is 0. The Hall–Kier alpha value is -3.31. The second-order valence-electron chi connectivity index (χ2n) is 6.20. The Labute approximate surface area is 193 Å². The van der Waals surface area contributed by atoms with Crippen LogP contribution in [-0.4, -0.2) is 16.1 Å². The zero-order valence-corrected chi connectivity index (χ0v) is 18.9. The summed E-state index contributed by atoms with van der Waals surface area (Å²) in [5.74, 6) is 0.548. The van der Waals surface area contributed by atoms with E-state index in [9.17, 15) is 20.2 Å². The first-order valence-corrected chi connectivity index (χ1v) is 10.3. The lowest BCUT2D eigenvalue weighted by Crippen LogP contribution is -1.99. The predicted octanol–water partition coefficient (Wildman–Crippen LogP) is 6.05. The van der Waals surface area contributed by atoms with Gasteiger partial charge in [-0.3, -0.25) is 25.7 Å². The molecule has 3 aromatic rings. The van der Waals surface area contributed by atoms with E-state index in [1.54, 1.807) is 42.6 Å². The fraction of sp³-hybridized carbons (Fsp3) is 0.0500. The molecule has 0 heterocycles. The Kier molecular flexibility index (Phi) is 7.32. The van der Waals surface area contributed by atoms with Gasteiger partial charge < -0.3 is 4.74 Å². The molecule has 1 N–H and O–H groups in total. The van der Waals surface area contributed by atoms with Crippen molar-refractivity contribution in [1.82, 2.24) is 0 Å². The molecule has 0 amide bonds. The Morgan fingerprint density at radius 3 is 2.19 bits per heavy atom. The summed E-state index contributed by atoms with van der Waals surface area (Å²) in [6.45, 7) is 0.161. The number of non-ortho nitro benzene ring substituents is 2. The van der Waals surface area contributed by atoms with Gasteiger partial charge >= 0.3 is 0 Å². The summed E-state index contributed by atoms with van der Waals surface area (Å²) < 4.78 is 7.16. The number of hydrazone groups is 1. The van der Waals surface area contributed by atoms with Crippen molar-refractivity contribution >= 4 is 55.1 Å². The molecule has 0 spiro atoms. The van der Waals surface area contributed by atoms with E-state index in [4.69, 9.17) is 4.74 Å². The molecule has 0 aliphatic carbocycles. The lowest BCUT2D eigenvalue weighted by atomic mass is 10.2. The molecule has 0 unspecified atom stereocenters. The highest BCUT2D eigenvalue weighted by atomic mass is 79.9. The third-order valence-corrected chi connectivity index (χ3v) is 5.19. The lowest BCUT2D eigenvalue weighted by molar-refractivity contribution is -0.385. The van der Waals surface area contributed by atoms with E-state index in [1.807, 2.05) is 0 Å². The summed E-state index contributed by atoms with van der Waals surface area (Å²) in [6, 6.07) is 15.7. The minimum Gasteiger partial charge on any atom is -0.487 e. The van der Waals surface area contributed by atoms with Crippen LogP contribution in [0.1, 0.15) is 11.1 Å². The smallest absolute Gasteiger partial charge is 0.269 e. The van der Waals surface area contributed by atoms with Gasteiger partial charge in [-0.1, -0.05) is 12.1 Å². The SMILES string of the molecule is O=[N+]([O-])c1ccc(N/N=C/c2cc(Br)c(OCc3cccc([N+](=O)[O-])c3)c(Br)c2)cc1. The van der Waals surface area contributed by atoms with Crippen LogP contribution in [0.3, 0.4) is 0 Å². The molecule has 3 aromatic carbocycles. The molecule has 158 valence electrons. The number of anilines is 1. The molecule has 0 aromatic heterocycles. The Morgan fingerprint density at radius 1 is 0.935 bits per heavy atom. The van der Waals surface area contributed by atoms with Gasteiger partial charge in [0.05, 0.1) is 30.7 Å². The van der Waals surface area contributed by atoms with E-state index in [1.165, 1.54) is 24.3 Å². The van der Waals surface area contributed by atoms with Gasteiger partial charge in [0.2, 0.25) is 0 Å². The molecule has 0 fully saturated rings. The maximum Gasteiger partial charge on any atom is 0.269 e. The number of nitro groups is 2. The standard InChI is InChI=1S/C20H14Br2N4O5/c21-18-9-14(11-23-24-15-4-6-16(7-5-15)25(27)28)10-19(22)20(18)31-12-13-2-1-3-17(8-13)26(29)30/h1-11,24H,12H2/b23-11+. The highest BCUT2D eigenvalue weighted by molar-refractivity contribution is 9.11. The van der Waals surface area contributed by atoms with Gasteiger partial charge in [-0.05, 0) is 67.3 Å². The number of nitrogens with zero attached hydrogens (tertiary/aromatic N) is 3. The number of rotatable bonds is 8. The molecule has 0 bridgehead atoms. The van der Waals surface area contributed by atoms with E-state index < -0.39 is 9.85 Å². The summed E-state index contributed by atoms with van der Waals surface area (Å²) in [5, 5.41) is 25.7. The number of nitrogens with one attached hydrogen (secondary N) is 1. The van der Waals surface area contributed by atoms with Crippen molar-refractivity contribution in [1.29, 1.82) is 0 Å². The fourth-order valence-electron chi connectivity index (χ4n) is 2.55. The predicted molar refractivity (Wildman–Crippen MR) is 124 cm³/mol. The third kappa shape index (κ3) is 6.09. The van der Waals surface area contributed by atoms with Gasteiger partial charge in [0, 0.05) is 24.3 Å². The molecular weight excluding hydrogens is 536 g/mol. The van der Waals surface area contributed by atoms with Crippen molar-refractivity contribution in [2.75, 3.05) is 5.43 Å². The first-order valence-electron chi connectivity index (χ1n) is 8.72. The lowest BCUT2D eigenvalue weighted by Gasteiger charge is -2.11. The molecule has 0 aliphatic rings. The third-order valence-electron chi connectivity index (χ3n) is 4.01. The van der Waals surface area contributed by atoms with E-state index in [0.717, 1.165) is 5.56 Å². The minimum absolute atomic E-state index is 0.00286. The Balaban J connectivity index is 1.65. The number of ether oxygens (including phenoxy) is 1. The number of hydrogen-bond donors (Lipinski definition) is 1. The number of hydrogen-bond acceptors (Lipinski definition) is 7. The molecule has 31 heavy (non-hydrogen) atoms. The zero-order chi connectivity index (χ0) is 22.4. The topological polar surface area (TPSA) is 120 Å². The second-order valence-corrected chi connectivity index (χ2v) is 7.91. The van der Waals surface area contributed by atoms with Crippen molar-refractivity contribution in [3.05, 3.63) is 101 Å². The van der Waals surface area contributed by atoms with Gasteiger partial charge in [0.15, 0.2) is 0 Å². The van der Waals surface area contributed by atoms with Crippen molar-refractivity contribution < 1.29 is 14.6 Å². The van der Waals surface area contributed by atoms with E-state index in [-0.39, 0.29) is 18.0 Å². The first-order chi connectivity index (χ1) is 14.8. The van der Waals surface area contributed by atoms with Gasteiger partial charge in [-0.15, -0.1) is 0 Å². The number of nitro benzene ring substituents is 2. The number of halogens is 2. The largest absolute Gasteiger partial charge is 0.487 e. The second kappa shape index (κ2) is 10.1. The molecule has 0 atom stereocenters. The van der Waals surface area contributed by atoms with Crippen LogP contribution in [0.2, 0.25) is 0 Å². The summed E-state index contributed by atoms with van der Waals surface area (Å²) >= 11 is 6.92. The van der Waals surface area contributed by atoms with Crippen molar-refractivity contribution in [3.8, 4) is 5.75 Å². The minimum atomic E-state index is -0.467. The molecule has 3 rings (SSSR count). The number of benzene rings is 3. The Morgan fingerprint density at radius 2 is 1.58 bits per heavy atom. The maximum atomic E-state index is 10.9. The van der Waals surface area contributed by atoms with Crippen LogP contribution in [0.4, 0.5) is 17.1 Å².